The Hall–Kier alpha value is -2.61. The van der Waals surface area contributed by atoms with Gasteiger partial charge in [-0.05, 0) is 65.3 Å². The average molecular weight is 425 g/mol. The Morgan fingerprint density at radius 2 is 1.81 bits per heavy atom. The second kappa shape index (κ2) is 9.19. The topological polar surface area (TPSA) is 87.7 Å². The van der Waals surface area contributed by atoms with Crippen molar-refractivity contribution in [3.05, 3.63) is 58.3 Å². The molecule has 8 heteroatoms. The van der Waals surface area contributed by atoms with Crippen molar-refractivity contribution in [1.29, 1.82) is 0 Å². The predicted octanol–water partition coefficient (Wildman–Crippen LogP) is 2.61. The molecule has 2 aromatic carbocycles. The van der Waals surface area contributed by atoms with Crippen LogP contribution in [0.4, 0.5) is 4.39 Å². The number of hydrogen-bond acceptors (Lipinski definition) is 4. The van der Waals surface area contributed by atoms with E-state index in [4.69, 9.17) is 4.74 Å². The molecular weight excluding hydrogens is 407 g/mol. The molecule has 0 aliphatic rings. The summed E-state index contributed by atoms with van der Waals surface area (Å²) in [6.45, 7) is 2.03. The van der Waals surface area contributed by atoms with Crippen LogP contribution in [0.15, 0.2) is 46.9 Å². The second-order valence-electron chi connectivity index (χ2n) is 5.43. The van der Waals surface area contributed by atoms with Crippen molar-refractivity contribution in [3.8, 4) is 11.5 Å². The van der Waals surface area contributed by atoms with Crippen LogP contribution in [0.25, 0.3) is 0 Å². The number of halogens is 2. The van der Waals surface area contributed by atoms with Crippen molar-refractivity contribution in [3.63, 3.8) is 0 Å². The molecule has 2 aromatic rings. The highest BCUT2D eigenvalue weighted by Gasteiger charge is 2.16. The molecule has 0 fully saturated rings. The van der Waals surface area contributed by atoms with Crippen molar-refractivity contribution in [2.75, 3.05) is 13.1 Å². The number of rotatable bonds is 7. The Morgan fingerprint density at radius 3 is 2.46 bits per heavy atom. The number of ether oxygens (including phenoxy) is 1. The van der Waals surface area contributed by atoms with Gasteiger partial charge in [0.15, 0.2) is 6.10 Å². The number of benzene rings is 2. The van der Waals surface area contributed by atoms with E-state index < -0.39 is 11.9 Å². The number of phenolic OH excluding ortho intramolecular Hbond substituents is 1. The zero-order valence-electron chi connectivity index (χ0n) is 14.0. The molecule has 0 saturated carbocycles. The minimum Gasteiger partial charge on any atom is -0.508 e. The Bertz CT molecular complexity index is 783. The Labute approximate surface area is 158 Å². The molecule has 3 N–H and O–H groups in total. The number of amides is 2. The lowest BCUT2D eigenvalue weighted by molar-refractivity contribution is -0.127. The summed E-state index contributed by atoms with van der Waals surface area (Å²) in [6.07, 6.45) is -0.787. The quantitative estimate of drug-likeness (QED) is 0.596. The molecule has 0 heterocycles. The summed E-state index contributed by atoms with van der Waals surface area (Å²) in [5.74, 6) is -0.644. The third-order valence-corrected chi connectivity index (χ3v) is 4.03. The lowest BCUT2D eigenvalue weighted by Crippen LogP contribution is -2.40. The van der Waals surface area contributed by atoms with Crippen LogP contribution in [-0.4, -0.2) is 36.1 Å². The summed E-state index contributed by atoms with van der Waals surface area (Å²) < 4.78 is 18.9. The highest BCUT2D eigenvalue weighted by molar-refractivity contribution is 9.10. The molecule has 0 bridgehead atoms. The number of hydrogen-bond donors (Lipinski definition) is 3. The summed E-state index contributed by atoms with van der Waals surface area (Å²) >= 11 is 3.17. The molecule has 2 amide bonds. The molecule has 0 saturated heterocycles. The van der Waals surface area contributed by atoms with Crippen molar-refractivity contribution in [2.24, 2.45) is 0 Å². The maximum Gasteiger partial charge on any atom is 0.260 e. The van der Waals surface area contributed by atoms with Gasteiger partial charge in [-0.15, -0.1) is 0 Å². The summed E-state index contributed by atoms with van der Waals surface area (Å²) in [4.78, 5) is 23.9. The smallest absolute Gasteiger partial charge is 0.260 e. The standard InChI is InChI=1S/C18H18BrFN2O4/c1-11(26-16-7-4-13(20)10-15(16)19)17(24)21-8-9-22-18(25)12-2-5-14(23)6-3-12/h2-7,10-11,23H,8-9H2,1H3,(H,21,24)(H,22,25). The third-order valence-electron chi connectivity index (χ3n) is 3.41. The second-order valence-corrected chi connectivity index (χ2v) is 6.28. The van der Waals surface area contributed by atoms with Crippen molar-refractivity contribution in [1.82, 2.24) is 10.6 Å². The van der Waals surface area contributed by atoms with Gasteiger partial charge in [0.2, 0.25) is 0 Å². The van der Waals surface area contributed by atoms with Crippen molar-refractivity contribution in [2.45, 2.75) is 13.0 Å². The first-order valence-corrected chi connectivity index (χ1v) is 8.63. The number of phenols is 1. The van der Waals surface area contributed by atoms with E-state index in [0.717, 1.165) is 0 Å². The fourth-order valence-corrected chi connectivity index (χ4v) is 2.48. The first-order valence-electron chi connectivity index (χ1n) is 7.83. The van der Waals surface area contributed by atoms with E-state index in [2.05, 4.69) is 26.6 Å². The molecule has 0 spiro atoms. The molecule has 2 rings (SSSR count). The Kier molecular flexibility index (Phi) is 6.97. The lowest BCUT2D eigenvalue weighted by atomic mass is 10.2. The van der Waals surface area contributed by atoms with Crippen LogP contribution in [0, 0.1) is 5.82 Å². The molecule has 0 aliphatic carbocycles. The van der Waals surface area contributed by atoms with Crippen LogP contribution in [0.5, 0.6) is 11.5 Å². The largest absolute Gasteiger partial charge is 0.508 e. The third kappa shape index (κ3) is 5.73. The van der Waals surface area contributed by atoms with Crippen LogP contribution in [-0.2, 0) is 4.79 Å². The minimum absolute atomic E-state index is 0.0793. The molecule has 6 nitrogen and oxygen atoms in total. The zero-order valence-corrected chi connectivity index (χ0v) is 15.5. The SMILES string of the molecule is CC(Oc1ccc(F)cc1Br)C(=O)NCCNC(=O)c1ccc(O)cc1. The molecular formula is C18H18BrFN2O4. The van der Waals surface area contributed by atoms with Gasteiger partial charge in [-0.1, -0.05) is 0 Å². The minimum atomic E-state index is -0.787. The van der Waals surface area contributed by atoms with E-state index >= 15 is 0 Å². The molecule has 1 unspecified atom stereocenters. The summed E-state index contributed by atoms with van der Waals surface area (Å²) in [7, 11) is 0. The first-order chi connectivity index (χ1) is 12.4. The van der Waals surface area contributed by atoms with Crippen LogP contribution < -0.4 is 15.4 Å². The monoisotopic (exact) mass is 424 g/mol. The van der Waals surface area contributed by atoms with Gasteiger partial charge in [0.05, 0.1) is 4.47 Å². The Balaban J connectivity index is 1.74. The van der Waals surface area contributed by atoms with Crippen LogP contribution in [0.3, 0.4) is 0 Å². The van der Waals surface area contributed by atoms with Crippen molar-refractivity contribution >= 4 is 27.7 Å². The van der Waals surface area contributed by atoms with E-state index in [-0.39, 0.29) is 30.7 Å². The van der Waals surface area contributed by atoms with Gasteiger partial charge in [-0.25, -0.2) is 4.39 Å². The lowest BCUT2D eigenvalue weighted by Gasteiger charge is -2.16. The first kappa shape index (κ1) is 19.7. The van der Waals surface area contributed by atoms with Crippen LogP contribution in [0.1, 0.15) is 17.3 Å². The zero-order chi connectivity index (χ0) is 19.1. The number of aromatic hydroxyl groups is 1. The maximum absolute atomic E-state index is 13.0. The van der Waals surface area contributed by atoms with E-state index in [1.165, 1.54) is 42.5 Å². The van der Waals surface area contributed by atoms with E-state index in [0.29, 0.717) is 15.8 Å². The van der Waals surface area contributed by atoms with Gasteiger partial charge in [-0.3, -0.25) is 9.59 Å². The Morgan fingerprint density at radius 1 is 1.15 bits per heavy atom. The molecule has 0 radical (unpaired) electrons. The average Bonchev–Trinajstić information content (AvgIpc) is 2.61. The predicted molar refractivity (Wildman–Crippen MR) is 97.6 cm³/mol. The number of carbonyl (C=O) groups excluding carboxylic acids is 2. The number of carbonyl (C=O) groups is 2. The maximum atomic E-state index is 13.0. The highest BCUT2D eigenvalue weighted by atomic mass is 79.9. The van der Waals surface area contributed by atoms with E-state index in [9.17, 15) is 19.1 Å². The van der Waals surface area contributed by atoms with Crippen molar-refractivity contribution < 1.29 is 23.8 Å². The van der Waals surface area contributed by atoms with Gasteiger partial charge in [0, 0.05) is 18.7 Å². The molecule has 0 aliphatic heterocycles. The van der Waals surface area contributed by atoms with Gasteiger partial charge in [0.1, 0.15) is 17.3 Å². The van der Waals surface area contributed by atoms with Gasteiger partial charge >= 0.3 is 0 Å². The van der Waals surface area contributed by atoms with Crippen LogP contribution >= 0.6 is 15.9 Å². The fourth-order valence-electron chi connectivity index (χ4n) is 2.04. The molecule has 1 atom stereocenters. The molecule has 26 heavy (non-hydrogen) atoms. The van der Waals surface area contributed by atoms with Crippen LogP contribution in [0.2, 0.25) is 0 Å². The van der Waals surface area contributed by atoms with E-state index in [1.54, 1.807) is 6.92 Å². The van der Waals surface area contributed by atoms with Gasteiger partial charge in [-0.2, -0.15) is 0 Å². The highest BCUT2D eigenvalue weighted by Crippen LogP contribution is 2.26. The normalized spacial score (nSPS) is 11.5. The van der Waals surface area contributed by atoms with E-state index in [1.807, 2.05) is 0 Å². The summed E-state index contributed by atoms with van der Waals surface area (Å²) in [5.41, 5.74) is 0.409. The van der Waals surface area contributed by atoms with Gasteiger partial charge in [0.25, 0.3) is 11.8 Å². The fraction of sp³-hybridized carbons (Fsp3) is 0.222. The summed E-state index contributed by atoms with van der Waals surface area (Å²) in [5, 5.41) is 14.5. The number of nitrogens with one attached hydrogen (secondary N) is 2. The molecule has 138 valence electrons. The van der Waals surface area contributed by atoms with Gasteiger partial charge < -0.3 is 20.5 Å². The summed E-state index contributed by atoms with van der Waals surface area (Å²) in [6, 6.07) is 9.76. The molecule has 0 aromatic heterocycles.